The van der Waals surface area contributed by atoms with Crippen LogP contribution in [0, 0.1) is 5.92 Å². The molecule has 2 amide bonds. The van der Waals surface area contributed by atoms with E-state index >= 15 is 0 Å². The van der Waals surface area contributed by atoms with Gasteiger partial charge in [0.15, 0.2) is 0 Å². The Kier molecular flexibility index (Phi) is 5.66. The number of imidazole rings is 1. The van der Waals surface area contributed by atoms with Crippen LogP contribution in [0.1, 0.15) is 44.5 Å². The van der Waals surface area contributed by atoms with Gasteiger partial charge in [-0.2, -0.15) is 0 Å². The minimum absolute atomic E-state index is 0.00398. The number of carbonyl (C=O) groups is 2. The average molecular weight is 404 g/mol. The fourth-order valence-corrected chi connectivity index (χ4v) is 5.36. The van der Waals surface area contributed by atoms with E-state index in [9.17, 15) is 9.59 Å². The van der Waals surface area contributed by atoms with Gasteiger partial charge in [-0.05, 0) is 39.7 Å². The van der Waals surface area contributed by atoms with Gasteiger partial charge in [0.2, 0.25) is 11.8 Å². The summed E-state index contributed by atoms with van der Waals surface area (Å²) in [5.74, 6) is 0.380. The third-order valence-corrected chi connectivity index (χ3v) is 7.03. The molecular formula is C21H33N5O3. The predicted octanol–water partition coefficient (Wildman–Crippen LogP) is 0.989. The number of H-pyrrole nitrogens is 1. The quantitative estimate of drug-likeness (QED) is 0.811. The highest BCUT2D eigenvalue weighted by molar-refractivity contribution is 5.80. The zero-order chi connectivity index (χ0) is 20.6. The monoisotopic (exact) mass is 403 g/mol. The first-order chi connectivity index (χ1) is 14.0. The maximum Gasteiger partial charge on any atom is 0.249 e. The molecule has 0 aliphatic carbocycles. The van der Waals surface area contributed by atoms with Crippen molar-refractivity contribution in [2.45, 2.75) is 51.1 Å². The van der Waals surface area contributed by atoms with E-state index in [1.54, 1.807) is 13.4 Å². The molecule has 1 aromatic rings. The fraction of sp³-hybridized carbons (Fsp3) is 0.762. The Labute approximate surface area is 172 Å². The van der Waals surface area contributed by atoms with Gasteiger partial charge in [-0.1, -0.05) is 0 Å². The molecule has 3 aliphatic rings. The van der Waals surface area contributed by atoms with Crippen LogP contribution in [0.25, 0.3) is 0 Å². The number of hydrogen-bond donors (Lipinski definition) is 1. The van der Waals surface area contributed by atoms with E-state index in [4.69, 9.17) is 4.74 Å². The molecule has 160 valence electrons. The average Bonchev–Trinajstić information content (AvgIpc) is 3.39. The molecule has 2 fully saturated rings. The summed E-state index contributed by atoms with van der Waals surface area (Å²) in [6, 6.07) is 0.484. The van der Waals surface area contributed by atoms with Crippen LogP contribution in [-0.2, 0) is 26.3 Å². The standard InChI is InChI=1S/C21H33N5O3/c1-15(2)25-8-4-16(12-25)20(28)24-10-6-21(7-11-24)19-17(22-14-23-19)5-9-26(21)18(27)13-29-3/h14-16H,4-13H2,1-3H3,(H,22,23)/t16-/m0/s1. The first kappa shape index (κ1) is 20.3. The number of aromatic nitrogens is 2. The minimum atomic E-state index is -0.431. The lowest BCUT2D eigenvalue weighted by atomic mass is 9.78. The number of rotatable bonds is 4. The van der Waals surface area contributed by atoms with Gasteiger partial charge in [-0.15, -0.1) is 0 Å². The molecular weight excluding hydrogens is 370 g/mol. The van der Waals surface area contributed by atoms with Crippen LogP contribution in [0.15, 0.2) is 6.33 Å². The molecule has 3 aliphatic heterocycles. The van der Waals surface area contributed by atoms with Crippen molar-refractivity contribution in [3.8, 4) is 0 Å². The van der Waals surface area contributed by atoms with Crippen molar-refractivity contribution >= 4 is 11.8 Å². The molecule has 0 radical (unpaired) electrons. The van der Waals surface area contributed by atoms with E-state index in [0.29, 0.717) is 25.7 Å². The van der Waals surface area contributed by atoms with E-state index < -0.39 is 5.54 Å². The van der Waals surface area contributed by atoms with Crippen LogP contribution in [0.5, 0.6) is 0 Å². The van der Waals surface area contributed by atoms with Crippen molar-refractivity contribution in [2.24, 2.45) is 5.92 Å². The second-order valence-electron chi connectivity index (χ2n) is 8.89. The highest BCUT2D eigenvalue weighted by Crippen LogP contribution is 2.42. The normalized spacial score (nSPS) is 24.3. The number of nitrogens with one attached hydrogen (secondary N) is 1. The summed E-state index contributed by atoms with van der Waals surface area (Å²) in [6.45, 7) is 8.32. The van der Waals surface area contributed by atoms with E-state index in [-0.39, 0.29) is 24.3 Å². The molecule has 1 aromatic heterocycles. The molecule has 0 bridgehead atoms. The predicted molar refractivity (Wildman–Crippen MR) is 108 cm³/mol. The maximum atomic E-state index is 13.1. The molecule has 8 nitrogen and oxygen atoms in total. The Balaban J connectivity index is 1.49. The van der Waals surface area contributed by atoms with E-state index in [1.165, 1.54) is 0 Å². The Morgan fingerprint density at radius 1 is 1.28 bits per heavy atom. The maximum absolute atomic E-state index is 13.1. The molecule has 2 saturated heterocycles. The number of piperidine rings is 1. The summed E-state index contributed by atoms with van der Waals surface area (Å²) in [6.07, 6.45) is 4.91. The number of fused-ring (bicyclic) bond motifs is 2. The molecule has 4 rings (SSSR count). The SMILES string of the molecule is COCC(=O)N1CCc2[nH]cnc2C12CCN(C(=O)[C@H]1CCN(C(C)C)C1)CC2. The summed E-state index contributed by atoms with van der Waals surface area (Å²) in [4.78, 5) is 40.1. The number of amides is 2. The largest absolute Gasteiger partial charge is 0.375 e. The van der Waals surface area contributed by atoms with Crippen molar-refractivity contribution in [3.05, 3.63) is 17.7 Å². The van der Waals surface area contributed by atoms with Crippen molar-refractivity contribution in [1.82, 2.24) is 24.7 Å². The Morgan fingerprint density at radius 3 is 2.69 bits per heavy atom. The summed E-state index contributed by atoms with van der Waals surface area (Å²) in [7, 11) is 1.55. The van der Waals surface area contributed by atoms with Gasteiger partial charge in [0.05, 0.1) is 23.5 Å². The lowest BCUT2D eigenvalue weighted by molar-refractivity contribution is -0.148. The summed E-state index contributed by atoms with van der Waals surface area (Å²) in [5, 5.41) is 0. The van der Waals surface area contributed by atoms with E-state index in [1.807, 2.05) is 9.80 Å². The van der Waals surface area contributed by atoms with Gasteiger partial charge >= 0.3 is 0 Å². The molecule has 0 aromatic carbocycles. The van der Waals surface area contributed by atoms with Crippen molar-refractivity contribution < 1.29 is 14.3 Å². The molecule has 1 atom stereocenters. The fourth-order valence-electron chi connectivity index (χ4n) is 5.36. The van der Waals surface area contributed by atoms with Crippen molar-refractivity contribution in [1.29, 1.82) is 0 Å². The highest BCUT2D eigenvalue weighted by atomic mass is 16.5. The van der Waals surface area contributed by atoms with Crippen molar-refractivity contribution in [2.75, 3.05) is 46.4 Å². The van der Waals surface area contributed by atoms with Crippen LogP contribution in [0.2, 0.25) is 0 Å². The molecule has 29 heavy (non-hydrogen) atoms. The first-order valence-electron chi connectivity index (χ1n) is 10.8. The van der Waals surface area contributed by atoms with Gasteiger partial charge < -0.3 is 24.4 Å². The molecule has 4 heterocycles. The third kappa shape index (κ3) is 3.57. The molecule has 1 spiro atoms. The van der Waals surface area contributed by atoms with Crippen molar-refractivity contribution in [3.63, 3.8) is 0 Å². The lowest BCUT2D eigenvalue weighted by Crippen LogP contribution is -2.60. The van der Waals surface area contributed by atoms with Crippen LogP contribution in [0.3, 0.4) is 0 Å². The number of hydrogen-bond acceptors (Lipinski definition) is 5. The van der Waals surface area contributed by atoms with Gasteiger partial charge in [-0.3, -0.25) is 9.59 Å². The molecule has 1 N–H and O–H groups in total. The smallest absolute Gasteiger partial charge is 0.249 e. The number of aromatic amines is 1. The van der Waals surface area contributed by atoms with Gasteiger partial charge in [0, 0.05) is 51.4 Å². The summed E-state index contributed by atoms with van der Waals surface area (Å²) in [5.41, 5.74) is 1.67. The van der Waals surface area contributed by atoms with E-state index in [0.717, 1.165) is 50.2 Å². The van der Waals surface area contributed by atoms with Gasteiger partial charge in [-0.25, -0.2) is 4.98 Å². The van der Waals surface area contributed by atoms with Crippen LogP contribution in [0.4, 0.5) is 0 Å². The number of methoxy groups -OCH3 is 1. The number of ether oxygens (including phenoxy) is 1. The number of nitrogens with zero attached hydrogens (tertiary/aromatic N) is 4. The number of carbonyl (C=O) groups excluding carboxylic acids is 2. The van der Waals surface area contributed by atoms with Gasteiger partial charge in [0.25, 0.3) is 0 Å². The third-order valence-electron chi connectivity index (χ3n) is 7.03. The van der Waals surface area contributed by atoms with Crippen LogP contribution in [-0.4, -0.2) is 89.0 Å². The Hall–Kier alpha value is -1.93. The van der Waals surface area contributed by atoms with Gasteiger partial charge in [0.1, 0.15) is 6.61 Å². The Bertz CT molecular complexity index is 753. The zero-order valence-corrected chi connectivity index (χ0v) is 17.8. The summed E-state index contributed by atoms with van der Waals surface area (Å²) < 4.78 is 5.13. The Morgan fingerprint density at radius 2 is 2.03 bits per heavy atom. The van der Waals surface area contributed by atoms with Crippen LogP contribution < -0.4 is 0 Å². The highest BCUT2D eigenvalue weighted by Gasteiger charge is 2.49. The molecule has 8 heteroatoms. The lowest BCUT2D eigenvalue weighted by Gasteiger charge is -2.50. The number of likely N-dealkylation sites (tertiary alicyclic amines) is 2. The topological polar surface area (TPSA) is 81.8 Å². The minimum Gasteiger partial charge on any atom is -0.375 e. The van der Waals surface area contributed by atoms with E-state index in [2.05, 4.69) is 28.7 Å². The second-order valence-corrected chi connectivity index (χ2v) is 8.89. The second kappa shape index (κ2) is 8.07. The molecule has 0 unspecified atom stereocenters. The van der Waals surface area contributed by atoms with Crippen LogP contribution >= 0.6 is 0 Å². The molecule has 0 saturated carbocycles. The summed E-state index contributed by atoms with van der Waals surface area (Å²) >= 11 is 0. The first-order valence-corrected chi connectivity index (χ1v) is 10.8. The zero-order valence-electron chi connectivity index (χ0n) is 17.8.